The molecule has 1 aliphatic rings. The first-order chi connectivity index (χ1) is 8.90. The van der Waals surface area contributed by atoms with Crippen LogP contribution in [0.5, 0.6) is 0 Å². The minimum absolute atomic E-state index is 0.162. The average Bonchev–Trinajstić information content (AvgIpc) is 2.66. The molecule has 1 aromatic heterocycles. The zero-order chi connectivity index (χ0) is 14.2. The van der Waals surface area contributed by atoms with Crippen molar-refractivity contribution in [3.63, 3.8) is 0 Å². The third kappa shape index (κ3) is 2.81. The topological polar surface area (TPSA) is 58.4 Å². The van der Waals surface area contributed by atoms with Gasteiger partial charge in [-0.2, -0.15) is 0 Å². The Morgan fingerprint density at radius 3 is 2.42 bits per heavy atom. The molecule has 3 atom stereocenters. The lowest BCUT2D eigenvalue weighted by Crippen LogP contribution is -2.56. The lowest BCUT2D eigenvalue weighted by molar-refractivity contribution is -0.134. The van der Waals surface area contributed by atoms with Gasteiger partial charge < -0.3 is 14.7 Å². The van der Waals surface area contributed by atoms with Gasteiger partial charge in [-0.15, -0.1) is 0 Å². The highest BCUT2D eigenvalue weighted by molar-refractivity contribution is 5.84. The van der Waals surface area contributed by atoms with Crippen molar-refractivity contribution in [1.29, 1.82) is 0 Å². The summed E-state index contributed by atoms with van der Waals surface area (Å²) in [7, 11) is 0. The third-order valence-corrected chi connectivity index (χ3v) is 3.76. The van der Waals surface area contributed by atoms with Crippen LogP contribution in [-0.2, 0) is 4.79 Å². The molecule has 1 N–H and O–H groups in total. The third-order valence-electron chi connectivity index (χ3n) is 3.76. The fourth-order valence-electron chi connectivity index (χ4n) is 3.01. The predicted octanol–water partition coefficient (Wildman–Crippen LogP) is 1.60. The molecule has 0 aromatic carbocycles. The number of aromatic nitrogens is 1. The maximum atomic E-state index is 12.6. The first kappa shape index (κ1) is 14.1. The summed E-state index contributed by atoms with van der Waals surface area (Å²) in [4.78, 5) is 14.6. The molecule has 1 aromatic rings. The van der Waals surface area contributed by atoms with E-state index in [2.05, 4.69) is 24.3 Å². The lowest BCUT2D eigenvalue weighted by atomic mass is 9.97. The zero-order valence-corrected chi connectivity index (χ0v) is 12.4. The molecule has 0 spiro atoms. The van der Waals surface area contributed by atoms with E-state index in [-0.39, 0.29) is 11.8 Å². The summed E-state index contributed by atoms with van der Waals surface area (Å²) in [6, 6.07) is 0.675. The summed E-state index contributed by atoms with van der Waals surface area (Å²) >= 11 is 0. The van der Waals surface area contributed by atoms with Crippen LogP contribution in [0.4, 0.5) is 0 Å². The van der Waals surface area contributed by atoms with Gasteiger partial charge in [-0.1, -0.05) is 5.16 Å². The molecule has 0 bridgehead atoms. The predicted molar refractivity (Wildman–Crippen MR) is 73.0 cm³/mol. The van der Waals surface area contributed by atoms with Crippen LogP contribution in [-0.4, -0.2) is 41.1 Å². The Kier molecular flexibility index (Phi) is 3.94. The van der Waals surface area contributed by atoms with Gasteiger partial charge in [0.25, 0.3) is 0 Å². The second-order valence-electron chi connectivity index (χ2n) is 5.67. The molecule has 106 valence electrons. The van der Waals surface area contributed by atoms with Crippen LogP contribution < -0.4 is 5.32 Å². The first-order valence-electron chi connectivity index (χ1n) is 6.87. The van der Waals surface area contributed by atoms with Gasteiger partial charge in [0.05, 0.1) is 11.6 Å². The number of amides is 1. The summed E-state index contributed by atoms with van der Waals surface area (Å²) in [5.74, 6) is 0.716. The molecule has 5 heteroatoms. The van der Waals surface area contributed by atoms with E-state index in [1.165, 1.54) is 0 Å². The minimum Gasteiger partial charge on any atom is -0.361 e. The van der Waals surface area contributed by atoms with E-state index in [0.29, 0.717) is 12.1 Å². The highest BCUT2D eigenvalue weighted by Gasteiger charge is 2.31. The molecule has 1 amide bonds. The van der Waals surface area contributed by atoms with Gasteiger partial charge in [-0.25, -0.2) is 0 Å². The van der Waals surface area contributed by atoms with Crippen molar-refractivity contribution < 1.29 is 9.32 Å². The Morgan fingerprint density at radius 2 is 1.95 bits per heavy atom. The van der Waals surface area contributed by atoms with Crippen LogP contribution in [0.2, 0.25) is 0 Å². The maximum Gasteiger partial charge on any atom is 0.230 e. The minimum atomic E-state index is -0.191. The summed E-state index contributed by atoms with van der Waals surface area (Å²) < 4.78 is 5.16. The number of nitrogens with zero attached hydrogens (tertiary/aromatic N) is 2. The van der Waals surface area contributed by atoms with Gasteiger partial charge in [-0.05, 0) is 34.6 Å². The SMILES string of the molecule is Cc1noc(C)c1[C@@H](C)C(=O)N1C[C@@H](C)N[C@@H](C)C1. The van der Waals surface area contributed by atoms with E-state index in [0.717, 1.165) is 30.1 Å². The van der Waals surface area contributed by atoms with Crippen molar-refractivity contribution in [2.45, 2.75) is 52.6 Å². The normalized spacial score (nSPS) is 25.4. The van der Waals surface area contributed by atoms with Gasteiger partial charge >= 0.3 is 0 Å². The molecule has 0 unspecified atom stereocenters. The number of carbonyl (C=O) groups is 1. The molecule has 5 nitrogen and oxygen atoms in total. The molecular formula is C14H23N3O2. The molecule has 2 rings (SSSR count). The number of hydrogen-bond acceptors (Lipinski definition) is 4. The van der Waals surface area contributed by atoms with E-state index in [1.807, 2.05) is 25.7 Å². The van der Waals surface area contributed by atoms with Crippen LogP contribution in [0.1, 0.15) is 43.7 Å². The largest absolute Gasteiger partial charge is 0.361 e. The van der Waals surface area contributed by atoms with Crippen molar-refractivity contribution in [3.8, 4) is 0 Å². The van der Waals surface area contributed by atoms with Gasteiger partial charge in [-0.3, -0.25) is 4.79 Å². The van der Waals surface area contributed by atoms with E-state index in [4.69, 9.17) is 4.52 Å². The average molecular weight is 265 g/mol. The fourth-order valence-corrected chi connectivity index (χ4v) is 3.01. The van der Waals surface area contributed by atoms with Crippen molar-refractivity contribution in [3.05, 3.63) is 17.0 Å². The standard InChI is InChI=1S/C14H23N3O2/c1-8-6-17(7-9(2)15-8)14(18)10(3)13-11(4)16-19-12(13)5/h8-10,15H,6-7H2,1-5H3/t8-,9+,10-/m1/s1. The van der Waals surface area contributed by atoms with Crippen LogP contribution >= 0.6 is 0 Å². The lowest BCUT2D eigenvalue weighted by Gasteiger charge is -2.37. The van der Waals surface area contributed by atoms with Crippen LogP contribution in [0.25, 0.3) is 0 Å². The summed E-state index contributed by atoms with van der Waals surface area (Å²) in [5.41, 5.74) is 1.75. The molecule has 0 aliphatic carbocycles. The van der Waals surface area contributed by atoms with Crippen LogP contribution in [0.3, 0.4) is 0 Å². The highest BCUT2D eigenvalue weighted by atomic mass is 16.5. The number of aryl methyl sites for hydroxylation is 2. The molecule has 1 saturated heterocycles. The highest BCUT2D eigenvalue weighted by Crippen LogP contribution is 2.25. The second-order valence-corrected chi connectivity index (χ2v) is 5.67. The Bertz CT molecular complexity index is 440. The summed E-state index contributed by atoms with van der Waals surface area (Å²) in [6.45, 7) is 11.4. The Morgan fingerprint density at radius 1 is 1.37 bits per heavy atom. The molecular weight excluding hydrogens is 242 g/mol. The number of rotatable bonds is 2. The number of piperazine rings is 1. The number of hydrogen-bond donors (Lipinski definition) is 1. The molecule has 19 heavy (non-hydrogen) atoms. The summed E-state index contributed by atoms with van der Waals surface area (Å²) in [5, 5.41) is 7.37. The van der Waals surface area contributed by atoms with Crippen LogP contribution in [0, 0.1) is 13.8 Å². The van der Waals surface area contributed by atoms with Crippen molar-refractivity contribution >= 4 is 5.91 Å². The smallest absolute Gasteiger partial charge is 0.230 e. The van der Waals surface area contributed by atoms with E-state index < -0.39 is 0 Å². The van der Waals surface area contributed by atoms with Gasteiger partial charge in [0, 0.05) is 30.7 Å². The van der Waals surface area contributed by atoms with E-state index in [9.17, 15) is 4.79 Å². The van der Waals surface area contributed by atoms with Crippen molar-refractivity contribution in [2.24, 2.45) is 0 Å². The Balaban J connectivity index is 2.15. The quantitative estimate of drug-likeness (QED) is 0.882. The van der Waals surface area contributed by atoms with E-state index >= 15 is 0 Å². The maximum absolute atomic E-state index is 12.6. The summed E-state index contributed by atoms with van der Waals surface area (Å²) in [6.07, 6.45) is 0. The van der Waals surface area contributed by atoms with Gasteiger partial charge in [0.1, 0.15) is 5.76 Å². The molecule has 1 fully saturated rings. The van der Waals surface area contributed by atoms with E-state index in [1.54, 1.807) is 0 Å². The zero-order valence-electron chi connectivity index (χ0n) is 12.4. The Labute approximate surface area is 114 Å². The second kappa shape index (κ2) is 5.33. The first-order valence-corrected chi connectivity index (χ1v) is 6.87. The molecule has 1 aliphatic heterocycles. The van der Waals surface area contributed by atoms with Crippen molar-refractivity contribution in [1.82, 2.24) is 15.4 Å². The molecule has 2 heterocycles. The fraction of sp³-hybridized carbons (Fsp3) is 0.714. The van der Waals surface area contributed by atoms with Crippen LogP contribution in [0.15, 0.2) is 4.52 Å². The van der Waals surface area contributed by atoms with Gasteiger partial charge in [0.15, 0.2) is 0 Å². The molecule has 0 saturated carbocycles. The van der Waals surface area contributed by atoms with Crippen molar-refractivity contribution in [2.75, 3.05) is 13.1 Å². The van der Waals surface area contributed by atoms with Gasteiger partial charge in [0.2, 0.25) is 5.91 Å². The number of nitrogens with one attached hydrogen (secondary N) is 1. The number of carbonyl (C=O) groups excluding carboxylic acids is 1. The Hall–Kier alpha value is -1.36. The monoisotopic (exact) mass is 265 g/mol. The molecule has 0 radical (unpaired) electrons.